The summed E-state index contributed by atoms with van der Waals surface area (Å²) in [5.41, 5.74) is 9.57. The number of nitrogens with two attached hydrogens (primary N) is 1. The van der Waals surface area contributed by atoms with Gasteiger partial charge in [0, 0.05) is 0 Å². The number of hydrogen-bond donors (Lipinski definition) is 1. The van der Waals surface area contributed by atoms with Crippen molar-refractivity contribution in [3.05, 3.63) is 35.4 Å². The normalized spacial score (nSPS) is 38.4. The van der Waals surface area contributed by atoms with Crippen LogP contribution in [0.1, 0.15) is 56.1 Å². The summed E-state index contributed by atoms with van der Waals surface area (Å²) in [6.07, 6.45) is 11.3. The van der Waals surface area contributed by atoms with Crippen LogP contribution in [0.4, 0.5) is 0 Å². The molecule has 4 saturated carbocycles. The molecule has 0 unspecified atom stereocenters. The number of aryl methyl sites for hydroxylation is 1. The Morgan fingerprint density at radius 1 is 0.950 bits per heavy atom. The molecule has 0 radical (unpaired) electrons. The van der Waals surface area contributed by atoms with Crippen LogP contribution in [-0.4, -0.2) is 6.54 Å². The Hall–Kier alpha value is -0.820. The third-order valence-corrected chi connectivity index (χ3v) is 6.28. The smallest absolute Gasteiger partial charge is 0.00363 e. The van der Waals surface area contributed by atoms with Crippen molar-refractivity contribution < 1.29 is 0 Å². The minimum atomic E-state index is 0.542. The van der Waals surface area contributed by atoms with E-state index in [0.717, 1.165) is 30.7 Å². The van der Waals surface area contributed by atoms with Crippen LogP contribution in [0.3, 0.4) is 0 Å². The Labute approximate surface area is 122 Å². The van der Waals surface area contributed by atoms with E-state index >= 15 is 0 Å². The topological polar surface area (TPSA) is 26.0 Å². The second-order valence-electron chi connectivity index (χ2n) is 7.75. The molecule has 108 valence electrons. The molecule has 5 rings (SSSR count). The van der Waals surface area contributed by atoms with Crippen molar-refractivity contribution in [2.45, 2.75) is 56.8 Å². The molecular weight excluding hydrogens is 242 g/mol. The first-order valence-corrected chi connectivity index (χ1v) is 8.57. The average Bonchev–Trinajstić information content (AvgIpc) is 2.44. The maximum absolute atomic E-state index is 5.73. The first kappa shape index (κ1) is 12.9. The van der Waals surface area contributed by atoms with E-state index in [1.807, 2.05) is 0 Å². The fourth-order valence-corrected chi connectivity index (χ4v) is 5.99. The van der Waals surface area contributed by atoms with Crippen molar-refractivity contribution in [1.29, 1.82) is 0 Å². The van der Waals surface area contributed by atoms with Gasteiger partial charge in [-0.1, -0.05) is 24.3 Å². The largest absolute Gasteiger partial charge is 0.330 e. The lowest BCUT2D eigenvalue weighted by Crippen LogP contribution is -2.48. The summed E-state index contributed by atoms with van der Waals surface area (Å²) in [6, 6.07) is 9.29. The van der Waals surface area contributed by atoms with Crippen LogP contribution >= 0.6 is 0 Å². The van der Waals surface area contributed by atoms with Gasteiger partial charge in [-0.05, 0) is 92.2 Å². The van der Waals surface area contributed by atoms with Gasteiger partial charge < -0.3 is 5.73 Å². The summed E-state index contributed by atoms with van der Waals surface area (Å²) in [6.45, 7) is 0.815. The highest BCUT2D eigenvalue weighted by atomic mass is 14.6. The Balaban J connectivity index is 1.70. The molecule has 0 saturated heterocycles. The molecule has 0 aromatic heterocycles. The summed E-state index contributed by atoms with van der Waals surface area (Å²) in [7, 11) is 0. The van der Waals surface area contributed by atoms with Gasteiger partial charge in [0.25, 0.3) is 0 Å². The van der Waals surface area contributed by atoms with Gasteiger partial charge in [0.05, 0.1) is 0 Å². The molecular formula is C19H27N. The van der Waals surface area contributed by atoms with Gasteiger partial charge in [-0.3, -0.25) is 0 Å². The molecule has 1 nitrogen and oxygen atoms in total. The van der Waals surface area contributed by atoms with Gasteiger partial charge in [0.2, 0.25) is 0 Å². The highest BCUT2D eigenvalue weighted by Crippen LogP contribution is 2.61. The fourth-order valence-electron chi connectivity index (χ4n) is 5.99. The van der Waals surface area contributed by atoms with E-state index in [2.05, 4.69) is 24.3 Å². The summed E-state index contributed by atoms with van der Waals surface area (Å²) in [5, 5.41) is 0. The Morgan fingerprint density at radius 3 is 2.15 bits per heavy atom. The highest BCUT2D eigenvalue weighted by Gasteiger charge is 2.51. The van der Waals surface area contributed by atoms with Crippen molar-refractivity contribution in [2.75, 3.05) is 6.54 Å². The lowest BCUT2D eigenvalue weighted by molar-refractivity contribution is -0.00558. The molecule has 20 heavy (non-hydrogen) atoms. The van der Waals surface area contributed by atoms with E-state index in [1.54, 1.807) is 11.1 Å². The number of benzene rings is 1. The van der Waals surface area contributed by atoms with E-state index in [4.69, 9.17) is 5.73 Å². The summed E-state index contributed by atoms with van der Waals surface area (Å²) in [4.78, 5) is 0. The van der Waals surface area contributed by atoms with Gasteiger partial charge in [-0.2, -0.15) is 0 Å². The lowest BCUT2D eigenvalue weighted by atomic mass is 9.47. The molecule has 4 bridgehead atoms. The first-order chi connectivity index (χ1) is 9.79. The van der Waals surface area contributed by atoms with Gasteiger partial charge in [0.1, 0.15) is 0 Å². The standard InChI is InChI=1S/C19H27N/c20-7-3-5-17-4-1-2-6-18(17)19-11-14-8-15(12-19)10-16(9-14)13-19/h1-2,4,6,14-16H,3,5,7-13,20H2. The summed E-state index contributed by atoms with van der Waals surface area (Å²) >= 11 is 0. The summed E-state index contributed by atoms with van der Waals surface area (Å²) in [5.74, 6) is 3.09. The highest BCUT2D eigenvalue weighted by molar-refractivity contribution is 5.37. The van der Waals surface area contributed by atoms with Crippen molar-refractivity contribution in [3.63, 3.8) is 0 Å². The molecule has 0 spiro atoms. The molecule has 1 aromatic rings. The second kappa shape index (κ2) is 4.87. The van der Waals surface area contributed by atoms with Crippen LogP contribution in [-0.2, 0) is 11.8 Å². The van der Waals surface area contributed by atoms with E-state index in [-0.39, 0.29) is 0 Å². The predicted molar refractivity (Wildman–Crippen MR) is 83.7 cm³/mol. The van der Waals surface area contributed by atoms with Crippen LogP contribution < -0.4 is 5.73 Å². The molecule has 2 N–H and O–H groups in total. The van der Waals surface area contributed by atoms with Gasteiger partial charge in [-0.25, -0.2) is 0 Å². The zero-order valence-corrected chi connectivity index (χ0v) is 12.5. The van der Waals surface area contributed by atoms with Crippen molar-refractivity contribution in [1.82, 2.24) is 0 Å². The molecule has 0 amide bonds. The van der Waals surface area contributed by atoms with Gasteiger partial charge in [-0.15, -0.1) is 0 Å². The van der Waals surface area contributed by atoms with Gasteiger partial charge in [0.15, 0.2) is 0 Å². The molecule has 4 fully saturated rings. The molecule has 0 atom stereocenters. The van der Waals surface area contributed by atoms with E-state index in [0.29, 0.717) is 5.41 Å². The Kier molecular flexibility index (Phi) is 3.14. The Morgan fingerprint density at radius 2 is 1.55 bits per heavy atom. The van der Waals surface area contributed by atoms with Crippen molar-refractivity contribution in [3.8, 4) is 0 Å². The molecule has 1 aromatic carbocycles. The van der Waals surface area contributed by atoms with E-state index in [9.17, 15) is 0 Å². The van der Waals surface area contributed by atoms with E-state index < -0.39 is 0 Å². The molecule has 4 aliphatic rings. The minimum absolute atomic E-state index is 0.542. The fraction of sp³-hybridized carbons (Fsp3) is 0.684. The molecule has 4 aliphatic carbocycles. The van der Waals surface area contributed by atoms with Crippen LogP contribution in [0.2, 0.25) is 0 Å². The zero-order chi connectivity index (χ0) is 13.6. The SMILES string of the molecule is NCCCc1ccccc1C12CC3CC(CC(C3)C1)C2. The summed E-state index contributed by atoms with van der Waals surface area (Å²) < 4.78 is 0. The molecule has 0 heterocycles. The maximum atomic E-state index is 5.73. The zero-order valence-electron chi connectivity index (χ0n) is 12.5. The number of rotatable bonds is 4. The first-order valence-electron chi connectivity index (χ1n) is 8.57. The predicted octanol–water partition coefficient (Wildman–Crippen LogP) is 4.05. The van der Waals surface area contributed by atoms with Crippen LogP contribution in [0.5, 0.6) is 0 Å². The minimum Gasteiger partial charge on any atom is -0.330 e. The van der Waals surface area contributed by atoms with Gasteiger partial charge >= 0.3 is 0 Å². The quantitative estimate of drug-likeness (QED) is 0.877. The third kappa shape index (κ3) is 2.02. The molecule has 1 heteroatoms. The van der Waals surface area contributed by atoms with Crippen LogP contribution in [0.15, 0.2) is 24.3 Å². The second-order valence-corrected chi connectivity index (χ2v) is 7.75. The van der Waals surface area contributed by atoms with Crippen molar-refractivity contribution in [2.24, 2.45) is 23.5 Å². The Bertz CT molecular complexity index is 455. The van der Waals surface area contributed by atoms with Crippen molar-refractivity contribution >= 4 is 0 Å². The third-order valence-electron chi connectivity index (χ3n) is 6.28. The molecule has 0 aliphatic heterocycles. The van der Waals surface area contributed by atoms with Crippen LogP contribution in [0, 0.1) is 17.8 Å². The number of hydrogen-bond acceptors (Lipinski definition) is 1. The van der Waals surface area contributed by atoms with E-state index in [1.165, 1.54) is 44.9 Å². The maximum Gasteiger partial charge on any atom is -0.00363 e. The average molecular weight is 269 g/mol. The van der Waals surface area contributed by atoms with Crippen LogP contribution in [0.25, 0.3) is 0 Å². The monoisotopic (exact) mass is 269 g/mol. The lowest BCUT2D eigenvalue weighted by Gasteiger charge is -2.57.